The molecule has 0 aliphatic carbocycles. The number of nitrogens with zero attached hydrogens (tertiary/aromatic N) is 2. The molecular weight excluding hydrogens is 294 g/mol. The quantitative estimate of drug-likeness (QED) is 0.848. The van der Waals surface area contributed by atoms with E-state index < -0.39 is 5.91 Å². The van der Waals surface area contributed by atoms with Crippen molar-refractivity contribution >= 4 is 23.3 Å². The number of aromatic nitrogens is 2. The van der Waals surface area contributed by atoms with Gasteiger partial charge in [-0.3, -0.25) is 4.79 Å². The van der Waals surface area contributed by atoms with Crippen molar-refractivity contribution < 1.29 is 14.6 Å². The van der Waals surface area contributed by atoms with E-state index in [-0.39, 0.29) is 22.5 Å². The van der Waals surface area contributed by atoms with Crippen LogP contribution < -0.4 is 10.1 Å². The van der Waals surface area contributed by atoms with Gasteiger partial charge in [0, 0.05) is 5.57 Å². The van der Waals surface area contributed by atoms with Gasteiger partial charge in [-0.1, -0.05) is 18.2 Å². The second-order valence-electron chi connectivity index (χ2n) is 4.17. The number of hydrogen-bond donors (Lipinski definition) is 2. The van der Waals surface area contributed by atoms with Crippen molar-refractivity contribution in [2.75, 3.05) is 5.32 Å². The number of phenols is 1. The minimum Gasteiger partial charge on any atom is -0.508 e. The predicted octanol–water partition coefficient (Wildman–Crippen LogP) is 3.14. The molecule has 0 saturated heterocycles. The number of phenolic OH excluding ortho intramolecular Hbond substituents is 1. The second kappa shape index (κ2) is 6.23. The van der Waals surface area contributed by atoms with Gasteiger partial charge in [0.1, 0.15) is 22.8 Å². The zero-order valence-electron chi connectivity index (χ0n) is 11.1. The molecule has 2 aromatic rings. The van der Waals surface area contributed by atoms with Gasteiger partial charge in [0.05, 0.1) is 0 Å². The summed E-state index contributed by atoms with van der Waals surface area (Å²) >= 11 is 6.09. The summed E-state index contributed by atoms with van der Waals surface area (Å²) in [5, 5.41) is 11.8. The van der Waals surface area contributed by atoms with Crippen LogP contribution in [0.2, 0.25) is 5.02 Å². The molecule has 0 unspecified atom stereocenters. The Balaban J connectivity index is 2.23. The van der Waals surface area contributed by atoms with Gasteiger partial charge in [-0.05, 0) is 31.2 Å². The molecule has 0 spiro atoms. The summed E-state index contributed by atoms with van der Waals surface area (Å²) in [5.41, 5.74) is 0.325. The van der Waals surface area contributed by atoms with Crippen molar-refractivity contribution in [1.82, 2.24) is 9.97 Å². The Morgan fingerprint density at radius 1 is 1.33 bits per heavy atom. The van der Waals surface area contributed by atoms with E-state index in [0.717, 1.165) is 0 Å². The largest absolute Gasteiger partial charge is 0.508 e. The molecule has 1 heterocycles. The normalized spacial score (nSPS) is 10.0. The average molecular weight is 306 g/mol. The molecule has 0 aliphatic rings. The van der Waals surface area contributed by atoms with E-state index in [2.05, 4.69) is 21.9 Å². The number of ether oxygens (including phenoxy) is 1. The number of rotatable bonds is 4. The molecule has 108 valence electrons. The first-order chi connectivity index (χ1) is 9.97. The Hall–Kier alpha value is -2.60. The van der Waals surface area contributed by atoms with E-state index in [0.29, 0.717) is 11.3 Å². The summed E-state index contributed by atoms with van der Waals surface area (Å²) in [6.45, 7) is 5.09. The van der Waals surface area contributed by atoms with Crippen molar-refractivity contribution in [2.24, 2.45) is 0 Å². The molecule has 2 rings (SSSR count). The molecule has 7 heteroatoms. The second-order valence-corrected chi connectivity index (χ2v) is 4.55. The number of hydrogen-bond acceptors (Lipinski definition) is 5. The maximum absolute atomic E-state index is 11.6. The van der Waals surface area contributed by atoms with E-state index in [1.807, 2.05) is 0 Å². The van der Waals surface area contributed by atoms with E-state index in [9.17, 15) is 9.90 Å². The van der Waals surface area contributed by atoms with Crippen LogP contribution in [0.3, 0.4) is 0 Å². The molecule has 21 heavy (non-hydrogen) atoms. The van der Waals surface area contributed by atoms with Gasteiger partial charge < -0.3 is 15.2 Å². The lowest BCUT2D eigenvalue weighted by Crippen LogP contribution is -2.13. The fraction of sp³-hybridized carbons (Fsp3) is 0.0714. The Morgan fingerprint density at radius 3 is 2.62 bits per heavy atom. The third-order valence-electron chi connectivity index (χ3n) is 2.43. The van der Waals surface area contributed by atoms with Crippen LogP contribution in [-0.2, 0) is 4.79 Å². The summed E-state index contributed by atoms with van der Waals surface area (Å²) in [6, 6.07) is 6.04. The Kier molecular flexibility index (Phi) is 4.39. The van der Waals surface area contributed by atoms with Gasteiger partial charge in [0.25, 0.3) is 5.91 Å². The van der Waals surface area contributed by atoms with Crippen molar-refractivity contribution in [1.29, 1.82) is 0 Å². The Bertz CT molecular complexity index is 686. The van der Waals surface area contributed by atoms with Gasteiger partial charge in [0.2, 0.25) is 5.88 Å². The van der Waals surface area contributed by atoms with E-state index in [1.54, 1.807) is 19.1 Å². The lowest BCUT2D eigenvalue weighted by molar-refractivity contribution is -0.112. The maximum atomic E-state index is 11.6. The van der Waals surface area contributed by atoms with Crippen LogP contribution in [0, 0.1) is 0 Å². The third kappa shape index (κ3) is 3.70. The summed E-state index contributed by atoms with van der Waals surface area (Å²) < 4.78 is 5.48. The van der Waals surface area contributed by atoms with Crippen LogP contribution in [0.15, 0.2) is 42.7 Å². The predicted molar refractivity (Wildman–Crippen MR) is 78.7 cm³/mol. The molecule has 1 aromatic carbocycles. The van der Waals surface area contributed by atoms with Crippen LogP contribution >= 0.6 is 11.6 Å². The SMILES string of the molecule is C=C(C)C(=O)Nc1ncnc(Oc2ccc(O)cc2)c1Cl. The number of halogens is 1. The average Bonchev–Trinajstić information content (AvgIpc) is 2.45. The van der Waals surface area contributed by atoms with Crippen LogP contribution in [0.25, 0.3) is 0 Å². The van der Waals surface area contributed by atoms with Crippen molar-refractivity contribution in [3.63, 3.8) is 0 Å². The summed E-state index contributed by atoms with van der Waals surface area (Å²) in [5.74, 6) is 0.380. The summed E-state index contributed by atoms with van der Waals surface area (Å²) in [4.78, 5) is 19.4. The standard InChI is InChI=1S/C14H12ClN3O3/c1-8(2)13(20)18-12-11(15)14(17-7-16-12)21-10-5-3-9(19)4-6-10/h3-7,19H,1H2,2H3,(H,16,17,18,20). The summed E-state index contributed by atoms with van der Waals surface area (Å²) in [7, 11) is 0. The molecule has 0 atom stereocenters. The third-order valence-corrected chi connectivity index (χ3v) is 2.77. The highest BCUT2D eigenvalue weighted by molar-refractivity contribution is 6.34. The molecule has 0 radical (unpaired) electrons. The molecule has 0 fully saturated rings. The monoisotopic (exact) mass is 305 g/mol. The fourth-order valence-corrected chi connectivity index (χ4v) is 1.54. The van der Waals surface area contributed by atoms with Gasteiger partial charge in [-0.2, -0.15) is 4.98 Å². The topological polar surface area (TPSA) is 84.3 Å². The molecule has 0 saturated carbocycles. The van der Waals surface area contributed by atoms with Gasteiger partial charge in [-0.25, -0.2) is 4.98 Å². The molecule has 0 aliphatic heterocycles. The van der Waals surface area contributed by atoms with Gasteiger partial charge in [0.15, 0.2) is 5.82 Å². The first-order valence-electron chi connectivity index (χ1n) is 5.91. The number of nitrogens with one attached hydrogen (secondary N) is 1. The van der Waals surface area contributed by atoms with E-state index >= 15 is 0 Å². The molecule has 1 amide bonds. The molecule has 2 N–H and O–H groups in total. The maximum Gasteiger partial charge on any atom is 0.251 e. The van der Waals surface area contributed by atoms with Crippen molar-refractivity contribution in [3.8, 4) is 17.4 Å². The summed E-state index contributed by atoms with van der Waals surface area (Å²) in [6.07, 6.45) is 1.22. The van der Waals surface area contributed by atoms with Crippen molar-refractivity contribution in [3.05, 3.63) is 47.8 Å². The van der Waals surface area contributed by atoms with Crippen LogP contribution in [-0.4, -0.2) is 21.0 Å². The highest BCUT2D eigenvalue weighted by atomic mass is 35.5. The lowest BCUT2D eigenvalue weighted by atomic mass is 10.3. The lowest BCUT2D eigenvalue weighted by Gasteiger charge is -2.10. The highest BCUT2D eigenvalue weighted by Gasteiger charge is 2.14. The first kappa shape index (κ1) is 14.8. The number of aromatic hydroxyl groups is 1. The zero-order valence-corrected chi connectivity index (χ0v) is 11.9. The fourth-order valence-electron chi connectivity index (χ4n) is 1.35. The smallest absolute Gasteiger partial charge is 0.251 e. The molecule has 0 bridgehead atoms. The number of amides is 1. The number of carbonyl (C=O) groups excluding carboxylic acids is 1. The Labute approximate surface area is 126 Å². The van der Waals surface area contributed by atoms with Crippen molar-refractivity contribution in [2.45, 2.75) is 6.92 Å². The minimum absolute atomic E-state index is 0.0696. The van der Waals surface area contributed by atoms with Crippen LogP contribution in [0.4, 0.5) is 5.82 Å². The number of carbonyl (C=O) groups is 1. The highest BCUT2D eigenvalue weighted by Crippen LogP contribution is 2.32. The molecule has 6 nitrogen and oxygen atoms in total. The van der Waals surface area contributed by atoms with Gasteiger partial charge >= 0.3 is 0 Å². The van der Waals surface area contributed by atoms with Crippen LogP contribution in [0.1, 0.15) is 6.92 Å². The number of anilines is 1. The van der Waals surface area contributed by atoms with Gasteiger partial charge in [-0.15, -0.1) is 0 Å². The van der Waals surface area contributed by atoms with E-state index in [4.69, 9.17) is 16.3 Å². The Morgan fingerprint density at radius 2 is 2.00 bits per heavy atom. The van der Waals surface area contributed by atoms with E-state index in [1.165, 1.54) is 18.5 Å². The molecule has 1 aromatic heterocycles. The van der Waals surface area contributed by atoms with Crippen LogP contribution in [0.5, 0.6) is 17.4 Å². The molecular formula is C14H12ClN3O3. The zero-order chi connectivity index (χ0) is 15.4. The minimum atomic E-state index is -0.397. The first-order valence-corrected chi connectivity index (χ1v) is 6.29. The number of benzene rings is 1.